The van der Waals surface area contributed by atoms with Crippen LogP contribution in [0.15, 0.2) is 61.9 Å². The number of aromatic nitrogens is 4. The van der Waals surface area contributed by atoms with Crippen LogP contribution in [0.3, 0.4) is 0 Å². The quantitative estimate of drug-likeness (QED) is 0.489. The van der Waals surface area contributed by atoms with Crippen LogP contribution in [0.4, 0.5) is 0 Å². The largest absolute Gasteiger partial charge is 0.334 e. The maximum atomic E-state index is 11.3. The summed E-state index contributed by atoms with van der Waals surface area (Å²) < 4.78 is 17.4. The van der Waals surface area contributed by atoms with Gasteiger partial charge in [-0.25, -0.2) is 9.97 Å². The maximum absolute atomic E-state index is 11.3. The van der Waals surface area contributed by atoms with Crippen LogP contribution in [0.25, 0.3) is 11.3 Å². The summed E-state index contributed by atoms with van der Waals surface area (Å²) in [5, 5.41) is 4.16. The predicted molar refractivity (Wildman–Crippen MR) is 92.2 cm³/mol. The van der Waals surface area contributed by atoms with Crippen LogP contribution >= 0.6 is 7.60 Å². The Hall–Kier alpha value is -2.21. The summed E-state index contributed by atoms with van der Waals surface area (Å²) in [6.45, 7) is 9.24. The van der Waals surface area contributed by atoms with E-state index in [2.05, 4.69) is 32.7 Å². The molecule has 0 spiro atoms. The summed E-state index contributed by atoms with van der Waals surface area (Å²) in [6.07, 6.45) is 8.25. The normalized spacial score (nSPS) is 12.5. The van der Waals surface area contributed by atoms with Crippen molar-refractivity contribution in [3.8, 4) is 11.3 Å². The van der Waals surface area contributed by atoms with Gasteiger partial charge in [0.25, 0.3) is 0 Å². The number of hydrogen-bond acceptors (Lipinski definition) is 5. The highest BCUT2D eigenvalue weighted by Gasteiger charge is 2.20. The Morgan fingerprint density at radius 1 is 1.50 bits per heavy atom. The fourth-order valence-corrected chi connectivity index (χ4v) is 2.09. The molecule has 2 aromatic rings. The third-order valence-corrected chi connectivity index (χ3v) is 4.23. The van der Waals surface area contributed by atoms with Gasteiger partial charge < -0.3 is 9.42 Å². The average Bonchev–Trinajstić information content (AvgIpc) is 2.62. The first-order chi connectivity index (χ1) is 11.4. The molecular formula is C16H22N4O3P+. The molecule has 1 atom stereocenters. The third-order valence-electron chi connectivity index (χ3n) is 2.89. The fourth-order valence-electron chi connectivity index (χ4n) is 1.45. The minimum atomic E-state index is -3.49. The smallest absolute Gasteiger partial charge is 0.324 e. The van der Waals surface area contributed by atoms with Crippen molar-refractivity contribution >= 4 is 7.60 Å². The van der Waals surface area contributed by atoms with E-state index in [1.165, 1.54) is 13.4 Å². The molecular weight excluding hydrogens is 327 g/mol. The Morgan fingerprint density at radius 3 is 2.67 bits per heavy atom. The van der Waals surface area contributed by atoms with Crippen LogP contribution in [0.5, 0.6) is 0 Å². The topological polar surface area (TPSA) is 89.1 Å². The Morgan fingerprint density at radius 2 is 2.21 bits per heavy atom. The van der Waals surface area contributed by atoms with Crippen molar-refractivity contribution in [3.63, 3.8) is 0 Å². The summed E-state index contributed by atoms with van der Waals surface area (Å²) in [4.78, 5) is 17.2. The molecule has 0 aliphatic rings. The first kappa shape index (κ1) is 19.8. The van der Waals surface area contributed by atoms with Crippen LogP contribution in [0.2, 0.25) is 0 Å². The van der Waals surface area contributed by atoms with Crippen molar-refractivity contribution < 1.29 is 18.7 Å². The van der Waals surface area contributed by atoms with E-state index in [1.807, 2.05) is 13.0 Å². The molecule has 0 amide bonds. The Kier molecular flexibility index (Phi) is 8.12. The van der Waals surface area contributed by atoms with Gasteiger partial charge in [0.1, 0.15) is 18.7 Å². The van der Waals surface area contributed by atoms with E-state index in [1.54, 1.807) is 35.4 Å². The van der Waals surface area contributed by atoms with E-state index in [0.29, 0.717) is 6.54 Å². The van der Waals surface area contributed by atoms with E-state index in [4.69, 9.17) is 0 Å². The van der Waals surface area contributed by atoms with Crippen molar-refractivity contribution in [3.05, 3.63) is 61.9 Å². The van der Waals surface area contributed by atoms with Gasteiger partial charge in [0.2, 0.25) is 0 Å². The summed E-state index contributed by atoms with van der Waals surface area (Å²) in [7, 11) is -2.27. The minimum absolute atomic E-state index is 0.0218. The molecule has 0 aliphatic heterocycles. The molecule has 0 saturated heterocycles. The Labute approximate surface area is 141 Å². The summed E-state index contributed by atoms with van der Waals surface area (Å²) >= 11 is 0. The van der Waals surface area contributed by atoms with Crippen LogP contribution in [-0.2, 0) is 15.6 Å². The second kappa shape index (κ2) is 9.82. The molecule has 24 heavy (non-hydrogen) atoms. The first-order valence-electron chi connectivity index (χ1n) is 7.15. The van der Waals surface area contributed by atoms with E-state index in [9.17, 15) is 9.46 Å². The van der Waals surface area contributed by atoms with Crippen molar-refractivity contribution in [2.45, 2.75) is 13.5 Å². The second-order valence-corrected chi connectivity index (χ2v) is 6.95. The van der Waals surface area contributed by atoms with Crippen LogP contribution < -0.4 is 4.68 Å². The third kappa shape index (κ3) is 7.37. The van der Waals surface area contributed by atoms with Gasteiger partial charge in [0, 0.05) is 24.9 Å². The first-order valence-corrected chi connectivity index (χ1v) is 8.92. The Bertz CT molecular complexity index is 705. The van der Waals surface area contributed by atoms with E-state index >= 15 is 0 Å². The lowest BCUT2D eigenvalue weighted by Gasteiger charge is -2.05. The zero-order valence-corrected chi connectivity index (χ0v) is 14.8. The molecule has 0 fully saturated rings. The van der Waals surface area contributed by atoms with Crippen LogP contribution in [0.1, 0.15) is 6.92 Å². The Balaban J connectivity index is 0.000000505. The number of allylic oxidation sites excluding steroid dienone is 2. The van der Waals surface area contributed by atoms with Crippen LogP contribution in [0, 0.1) is 0 Å². The van der Waals surface area contributed by atoms with Gasteiger partial charge in [-0.15, -0.1) is 0 Å². The second-order valence-electron chi connectivity index (χ2n) is 4.87. The minimum Gasteiger partial charge on any atom is -0.324 e. The van der Waals surface area contributed by atoms with Crippen molar-refractivity contribution in [1.29, 1.82) is 0 Å². The van der Waals surface area contributed by atoms with E-state index in [-0.39, 0.29) is 6.16 Å². The average molecular weight is 349 g/mol. The van der Waals surface area contributed by atoms with Gasteiger partial charge in [-0.3, -0.25) is 4.57 Å². The lowest BCUT2D eigenvalue weighted by atomic mass is 10.2. The maximum Gasteiger partial charge on any atom is 0.334 e. The van der Waals surface area contributed by atoms with Gasteiger partial charge in [0.05, 0.1) is 5.69 Å². The predicted octanol–water partition coefficient (Wildman–Crippen LogP) is 2.41. The van der Waals surface area contributed by atoms with Crippen molar-refractivity contribution in [2.75, 3.05) is 13.3 Å². The molecule has 1 N–H and O–H groups in total. The lowest BCUT2D eigenvalue weighted by molar-refractivity contribution is -0.750. The SMILES string of the molecule is C=CC(=C)C.COP(=O)(O)CC[n+]1ccc(-c2ccncn2)cn1. The van der Waals surface area contributed by atoms with Gasteiger partial charge in [-0.05, 0) is 18.1 Å². The molecule has 7 nitrogen and oxygen atoms in total. The molecule has 8 heteroatoms. The van der Waals surface area contributed by atoms with Crippen LogP contribution in [-0.4, -0.2) is 33.2 Å². The number of nitrogens with zero attached hydrogens (tertiary/aromatic N) is 4. The molecule has 0 saturated carbocycles. The molecule has 128 valence electrons. The lowest BCUT2D eigenvalue weighted by Crippen LogP contribution is -2.38. The fraction of sp³-hybridized carbons (Fsp3) is 0.250. The molecule has 2 heterocycles. The molecule has 2 rings (SSSR count). The van der Waals surface area contributed by atoms with Gasteiger partial charge in [0.15, 0.2) is 12.7 Å². The summed E-state index contributed by atoms with van der Waals surface area (Å²) in [5.41, 5.74) is 2.65. The highest BCUT2D eigenvalue weighted by molar-refractivity contribution is 7.52. The summed E-state index contributed by atoms with van der Waals surface area (Å²) in [5.74, 6) is 0. The molecule has 0 aliphatic carbocycles. The van der Waals surface area contributed by atoms with Gasteiger partial charge in [-0.1, -0.05) is 29.5 Å². The molecule has 2 aromatic heterocycles. The molecule has 1 unspecified atom stereocenters. The van der Waals surface area contributed by atoms with E-state index < -0.39 is 7.60 Å². The highest BCUT2D eigenvalue weighted by atomic mass is 31.2. The monoisotopic (exact) mass is 349 g/mol. The highest BCUT2D eigenvalue weighted by Crippen LogP contribution is 2.39. The van der Waals surface area contributed by atoms with Gasteiger partial charge in [-0.2, -0.15) is 0 Å². The number of hydrogen-bond donors (Lipinski definition) is 1. The van der Waals surface area contributed by atoms with Gasteiger partial charge >= 0.3 is 7.60 Å². The standard InChI is InChI=1S/C11H13N4O3P.C5H8/c1-18-19(16,17)7-6-15-5-3-10(8-14-15)11-2-4-12-9-13-11;1-4-5(2)3/h2-5,8-9H,6-7H2,1H3;4H,1-2H2,3H3/p+1. The van der Waals surface area contributed by atoms with Crippen molar-refractivity contribution in [1.82, 2.24) is 15.1 Å². The number of aryl methyl sites for hydroxylation is 1. The molecule has 0 bridgehead atoms. The molecule has 0 radical (unpaired) electrons. The summed E-state index contributed by atoms with van der Waals surface area (Å²) in [6, 6.07) is 3.62. The zero-order chi connectivity index (χ0) is 18.0. The zero-order valence-electron chi connectivity index (χ0n) is 13.9. The molecule has 0 aromatic carbocycles. The van der Waals surface area contributed by atoms with Crippen molar-refractivity contribution in [2.24, 2.45) is 0 Å². The van der Waals surface area contributed by atoms with E-state index in [0.717, 1.165) is 16.8 Å². The number of rotatable bonds is 6.